The molecule has 2 aromatic rings. The van der Waals surface area contributed by atoms with Crippen molar-refractivity contribution in [2.24, 2.45) is 0 Å². The van der Waals surface area contributed by atoms with E-state index in [1.54, 1.807) is 24.3 Å². The predicted molar refractivity (Wildman–Crippen MR) is 102 cm³/mol. The van der Waals surface area contributed by atoms with Crippen LogP contribution in [0.15, 0.2) is 34.9 Å². The zero-order valence-electron chi connectivity index (χ0n) is 15.0. The molecule has 0 saturated heterocycles. The van der Waals surface area contributed by atoms with E-state index in [2.05, 4.69) is 31.7 Å². The van der Waals surface area contributed by atoms with Crippen molar-refractivity contribution in [1.29, 1.82) is 0 Å². The number of benzene rings is 1. The third-order valence-electron chi connectivity index (χ3n) is 5.45. The number of alkyl halides is 3. The summed E-state index contributed by atoms with van der Waals surface area (Å²) in [6.45, 7) is 0. The molecule has 2 N–H and O–H groups in total. The molecule has 0 spiro atoms. The average molecular weight is 457 g/mol. The summed E-state index contributed by atoms with van der Waals surface area (Å²) in [4.78, 5) is 12.7. The minimum atomic E-state index is -4.46. The van der Waals surface area contributed by atoms with E-state index in [9.17, 15) is 18.0 Å². The highest BCUT2D eigenvalue weighted by molar-refractivity contribution is 9.10. The van der Waals surface area contributed by atoms with Crippen LogP contribution >= 0.6 is 15.9 Å². The van der Waals surface area contributed by atoms with Gasteiger partial charge in [-0.25, -0.2) is 4.68 Å². The number of hydrogen-bond acceptors (Lipinski definition) is 3. The largest absolute Gasteiger partial charge is 0.410 e. The molecular weight excluding hydrogens is 437 g/mol. The Hall–Kier alpha value is -2.03. The van der Waals surface area contributed by atoms with Crippen LogP contribution in [0.5, 0.6) is 0 Å². The molecule has 5 nitrogen and oxygen atoms in total. The summed E-state index contributed by atoms with van der Waals surface area (Å²) in [5, 5.41) is 9.95. The predicted octanol–water partition coefficient (Wildman–Crippen LogP) is 4.98. The molecule has 9 heteroatoms. The summed E-state index contributed by atoms with van der Waals surface area (Å²) in [6.07, 6.45) is 0.480. The molecule has 1 aromatic heterocycles. The summed E-state index contributed by atoms with van der Waals surface area (Å²) in [5.41, 5.74) is 0.884. The van der Waals surface area contributed by atoms with Crippen molar-refractivity contribution in [3.63, 3.8) is 0 Å². The van der Waals surface area contributed by atoms with E-state index in [0.29, 0.717) is 0 Å². The molecule has 1 aliphatic heterocycles. The van der Waals surface area contributed by atoms with Gasteiger partial charge in [0.25, 0.3) is 5.91 Å². The Morgan fingerprint density at radius 2 is 1.89 bits per heavy atom. The first kappa shape index (κ1) is 19.3. The topological polar surface area (TPSA) is 59.0 Å². The smallest absolute Gasteiger partial charge is 0.363 e. The standard InChI is InChI=1S/C19H20BrF3N4O/c20-12-7-5-11(6-8-12)15-9-16(19(21,22)23)27-17(26-15)14(10-24-27)18(28)25-13-3-1-2-4-13/h5-8,10,13,15-16,26H,1-4,9H2,(H,25,28)/t15-,16-/m1/s1. The molecule has 0 radical (unpaired) electrons. The Labute approximate surface area is 168 Å². The first-order valence-electron chi connectivity index (χ1n) is 9.30. The van der Waals surface area contributed by atoms with E-state index >= 15 is 0 Å². The Bertz CT molecular complexity index is 859. The summed E-state index contributed by atoms with van der Waals surface area (Å²) < 4.78 is 42.9. The van der Waals surface area contributed by atoms with Gasteiger partial charge in [0.05, 0.1) is 12.2 Å². The molecule has 1 aliphatic carbocycles. The van der Waals surface area contributed by atoms with Gasteiger partial charge in [-0.2, -0.15) is 18.3 Å². The summed E-state index contributed by atoms with van der Waals surface area (Å²) >= 11 is 3.34. The number of carbonyl (C=O) groups is 1. The Morgan fingerprint density at radius 3 is 2.54 bits per heavy atom. The second-order valence-corrected chi connectivity index (χ2v) is 8.26. The summed E-state index contributed by atoms with van der Waals surface area (Å²) in [5.74, 6) is -0.255. The number of anilines is 1. The Kier molecular flexibility index (Phi) is 5.11. The zero-order valence-corrected chi connectivity index (χ0v) is 16.6. The summed E-state index contributed by atoms with van der Waals surface area (Å²) in [6, 6.07) is 4.86. The highest BCUT2D eigenvalue weighted by Gasteiger charge is 2.47. The third-order valence-corrected chi connectivity index (χ3v) is 5.97. The van der Waals surface area contributed by atoms with Crippen molar-refractivity contribution in [2.75, 3.05) is 5.32 Å². The van der Waals surface area contributed by atoms with E-state index in [-0.39, 0.29) is 29.8 Å². The monoisotopic (exact) mass is 456 g/mol. The number of hydrogen-bond donors (Lipinski definition) is 2. The van der Waals surface area contributed by atoms with E-state index in [1.165, 1.54) is 6.20 Å². The van der Waals surface area contributed by atoms with Crippen LogP contribution in [0.4, 0.5) is 19.0 Å². The molecule has 1 aromatic carbocycles. The van der Waals surface area contributed by atoms with Crippen molar-refractivity contribution >= 4 is 27.7 Å². The lowest BCUT2D eigenvalue weighted by Crippen LogP contribution is -2.37. The fourth-order valence-corrected chi connectivity index (χ4v) is 4.24. The SMILES string of the molecule is O=C(NC1CCCC1)c1cnn2c1N[C@@H](c1ccc(Br)cc1)C[C@@H]2C(F)(F)F. The van der Waals surface area contributed by atoms with Crippen molar-refractivity contribution in [3.8, 4) is 0 Å². The second kappa shape index (κ2) is 7.42. The maximum Gasteiger partial charge on any atom is 0.410 e. The molecule has 0 unspecified atom stereocenters. The number of halogens is 4. The highest BCUT2D eigenvalue weighted by Crippen LogP contribution is 2.44. The van der Waals surface area contributed by atoms with Gasteiger partial charge in [-0.05, 0) is 30.5 Å². The van der Waals surface area contributed by atoms with E-state index < -0.39 is 18.3 Å². The number of nitrogens with zero attached hydrogens (tertiary/aromatic N) is 2. The number of fused-ring (bicyclic) bond motifs is 1. The first-order valence-corrected chi connectivity index (χ1v) is 10.1. The van der Waals surface area contributed by atoms with E-state index in [1.807, 2.05) is 0 Å². The van der Waals surface area contributed by atoms with Crippen LogP contribution in [0.25, 0.3) is 0 Å². The molecule has 2 aliphatic rings. The Balaban J connectivity index is 1.66. The minimum absolute atomic E-state index is 0.0762. The maximum atomic E-state index is 13.7. The van der Waals surface area contributed by atoms with Crippen molar-refractivity contribution < 1.29 is 18.0 Å². The molecule has 4 rings (SSSR count). The molecule has 1 fully saturated rings. The Morgan fingerprint density at radius 1 is 1.21 bits per heavy atom. The van der Waals surface area contributed by atoms with Gasteiger partial charge in [-0.15, -0.1) is 0 Å². The molecule has 1 amide bonds. The molecule has 28 heavy (non-hydrogen) atoms. The number of aromatic nitrogens is 2. The molecule has 0 bridgehead atoms. The lowest BCUT2D eigenvalue weighted by molar-refractivity contribution is -0.173. The van der Waals surface area contributed by atoms with E-state index in [4.69, 9.17) is 0 Å². The van der Waals surface area contributed by atoms with Gasteiger partial charge in [-0.1, -0.05) is 40.9 Å². The zero-order chi connectivity index (χ0) is 19.9. The average Bonchev–Trinajstić information content (AvgIpc) is 3.30. The minimum Gasteiger partial charge on any atom is -0.363 e. The molecule has 2 atom stereocenters. The van der Waals surface area contributed by atoms with Crippen LogP contribution in [-0.2, 0) is 0 Å². The molecular formula is C19H20BrF3N4O. The van der Waals surface area contributed by atoms with Gasteiger partial charge >= 0.3 is 6.18 Å². The van der Waals surface area contributed by atoms with Gasteiger partial charge in [0.1, 0.15) is 11.4 Å². The quantitative estimate of drug-likeness (QED) is 0.684. The van der Waals surface area contributed by atoms with Crippen LogP contribution < -0.4 is 10.6 Å². The van der Waals surface area contributed by atoms with Gasteiger partial charge < -0.3 is 10.6 Å². The number of carbonyl (C=O) groups excluding carboxylic acids is 1. The normalized spacial score (nSPS) is 22.6. The van der Waals surface area contributed by atoms with Crippen molar-refractivity contribution in [3.05, 3.63) is 46.1 Å². The van der Waals surface area contributed by atoms with Gasteiger partial charge in [0.15, 0.2) is 6.04 Å². The van der Waals surface area contributed by atoms with Gasteiger partial charge in [-0.3, -0.25) is 4.79 Å². The maximum absolute atomic E-state index is 13.7. The number of amides is 1. The lowest BCUT2D eigenvalue weighted by Gasteiger charge is -2.34. The third kappa shape index (κ3) is 3.76. The first-order chi connectivity index (χ1) is 13.3. The van der Waals surface area contributed by atoms with Crippen LogP contribution in [0.1, 0.15) is 60.1 Å². The van der Waals surface area contributed by atoms with Crippen molar-refractivity contribution in [2.45, 2.75) is 56.4 Å². The number of nitrogens with one attached hydrogen (secondary N) is 2. The summed E-state index contributed by atoms with van der Waals surface area (Å²) in [7, 11) is 0. The fraction of sp³-hybridized carbons (Fsp3) is 0.474. The van der Waals surface area contributed by atoms with Crippen LogP contribution in [0.2, 0.25) is 0 Å². The van der Waals surface area contributed by atoms with Crippen LogP contribution in [0.3, 0.4) is 0 Å². The van der Waals surface area contributed by atoms with Crippen LogP contribution in [0, 0.1) is 0 Å². The fourth-order valence-electron chi connectivity index (χ4n) is 3.98. The van der Waals surface area contributed by atoms with Crippen LogP contribution in [-0.4, -0.2) is 27.9 Å². The lowest BCUT2D eigenvalue weighted by atomic mass is 9.96. The van der Waals surface area contributed by atoms with E-state index in [0.717, 1.165) is 40.4 Å². The number of rotatable bonds is 3. The molecule has 1 saturated carbocycles. The second-order valence-electron chi connectivity index (χ2n) is 7.35. The van der Waals surface area contributed by atoms with Gasteiger partial charge in [0, 0.05) is 16.9 Å². The van der Waals surface area contributed by atoms with Crippen molar-refractivity contribution in [1.82, 2.24) is 15.1 Å². The highest BCUT2D eigenvalue weighted by atomic mass is 79.9. The molecule has 150 valence electrons. The van der Waals surface area contributed by atoms with Gasteiger partial charge in [0.2, 0.25) is 0 Å². The molecule has 2 heterocycles.